The standard InChI is InChI=1S/C18H22BrN3O2S/c1-18-8-6-16(23)22(18)15(11-25-18)17(24)20-12-7-9-21(10-12)14-5-3-2-4-13(14)19/h2-5,12,15H,6-11H2,1H3,(H,20,24). The second-order valence-electron chi connectivity index (χ2n) is 7.16. The average molecular weight is 424 g/mol. The van der Waals surface area contributed by atoms with E-state index in [1.54, 1.807) is 11.8 Å². The van der Waals surface area contributed by atoms with Gasteiger partial charge in [-0.3, -0.25) is 9.59 Å². The Bertz CT molecular complexity index is 715. The molecule has 3 fully saturated rings. The maximum Gasteiger partial charge on any atom is 0.243 e. The molecule has 0 radical (unpaired) electrons. The van der Waals surface area contributed by atoms with Crippen molar-refractivity contribution in [3.63, 3.8) is 0 Å². The topological polar surface area (TPSA) is 52.7 Å². The number of carbonyl (C=O) groups is 2. The minimum atomic E-state index is -0.317. The van der Waals surface area contributed by atoms with Gasteiger partial charge in [-0.1, -0.05) is 12.1 Å². The first-order valence-corrected chi connectivity index (χ1v) is 10.5. The maximum atomic E-state index is 12.8. The highest BCUT2D eigenvalue weighted by Gasteiger charge is 2.53. The third kappa shape index (κ3) is 3.05. The molecule has 1 aromatic carbocycles. The predicted octanol–water partition coefficient (Wildman–Crippen LogP) is 2.60. The van der Waals surface area contributed by atoms with Crippen molar-refractivity contribution in [3.05, 3.63) is 28.7 Å². The van der Waals surface area contributed by atoms with Crippen molar-refractivity contribution in [3.8, 4) is 0 Å². The molecule has 0 aliphatic carbocycles. The highest BCUT2D eigenvalue weighted by atomic mass is 79.9. The zero-order valence-electron chi connectivity index (χ0n) is 14.2. The van der Waals surface area contributed by atoms with Crippen LogP contribution in [0.1, 0.15) is 26.2 Å². The van der Waals surface area contributed by atoms with Gasteiger partial charge in [0.05, 0.1) is 10.6 Å². The van der Waals surface area contributed by atoms with E-state index < -0.39 is 0 Å². The van der Waals surface area contributed by atoms with Crippen LogP contribution in [0.2, 0.25) is 0 Å². The van der Waals surface area contributed by atoms with Gasteiger partial charge in [0, 0.05) is 35.8 Å². The van der Waals surface area contributed by atoms with Crippen molar-refractivity contribution in [2.24, 2.45) is 0 Å². The van der Waals surface area contributed by atoms with E-state index in [0.717, 1.165) is 36.1 Å². The lowest BCUT2D eigenvalue weighted by molar-refractivity contribution is -0.138. The molecule has 3 unspecified atom stereocenters. The number of nitrogens with one attached hydrogen (secondary N) is 1. The molecule has 3 saturated heterocycles. The van der Waals surface area contributed by atoms with Gasteiger partial charge in [0.25, 0.3) is 0 Å². The molecule has 5 nitrogen and oxygen atoms in total. The SMILES string of the molecule is CC12CCC(=O)N1C(C(=O)NC1CCN(c3ccccc3Br)C1)CS2. The Balaban J connectivity index is 1.39. The monoisotopic (exact) mass is 423 g/mol. The number of fused-ring (bicyclic) bond motifs is 1. The lowest BCUT2D eigenvalue weighted by Gasteiger charge is -2.30. The quantitative estimate of drug-likeness (QED) is 0.811. The summed E-state index contributed by atoms with van der Waals surface area (Å²) in [5, 5.41) is 3.19. The Hall–Kier alpha value is -1.21. The molecule has 1 N–H and O–H groups in total. The van der Waals surface area contributed by atoms with Crippen LogP contribution in [0.4, 0.5) is 5.69 Å². The molecule has 3 aliphatic heterocycles. The molecule has 0 saturated carbocycles. The van der Waals surface area contributed by atoms with Crippen molar-refractivity contribution >= 4 is 45.2 Å². The molecule has 0 aromatic heterocycles. The first-order valence-electron chi connectivity index (χ1n) is 8.74. The Kier molecular flexibility index (Phi) is 4.48. The van der Waals surface area contributed by atoms with Crippen molar-refractivity contribution < 1.29 is 9.59 Å². The largest absolute Gasteiger partial charge is 0.368 e. The molecule has 1 aromatic rings. The fraction of sp³-hybridized carbons (Fsp3) is 0.556. The van der Waals surface area contributed by atoms with Crippen molar-refractivity contribution in [1.29, 1.82) is 0 Å². The molecule has 4 rings (SSSR count). The number of nitrogens with zero attached hydrogens (tertiary/aromatic N) is 2. The van der Waals surface area contributed by atoms with Crippen LogP contribution in [-0.4, -0.2) is 52.5 Å². The summed E-state index contributed by atoms with van der Waals surface area (Å²) in [5.74, 6) is 0.828. The minimum absolute atomic E-state index is 0.00505. The van der Waals surface area contributed by atoms with Crippen LogP contribution in [0.15, 0.2) is 28.7 Å². The number of anilines is 1. The van der Waals surface area contributed by atoms with Gasteiger partial charge in [0.1, 0.15) is 6.04 Å². The summed E-state index contributed by atoms with van der Waals surface area (Å²) in [4.78, 5) is 28.9. The van der Waals surface area contributed by atoms with E-state index in [0.29, 0.717) is 12.2 Å². The molecule has 0 bridgehead atoms. The second-order valence-corrected chi connectivity index (χ2v) is 9.51. The highest BCUT2D eigenvalue weighted by Crippen LogP contribution is 2.47. The first-order chi connectivity index (χ1) is 12.0. The molecule has 3 atom stereocenters. The maximum absolute atomic E-state index is 12.8. The molecular weight excluding hydrogens is 402 g/mol. The number of carbonyl (C=O) groups excluding carboxylic acids is 2. The number of hydrogen-bond donors (Lipinski definition) is 1. The van der Waals surface area contributed by atoms with Crippen LogP contribution in [-0.2, 0) is 9.59 Å². The predicted molar refractivity (Wildman–Crippen MR) is 104 cm³/mol. The van der Waals surface area contributed by atoms with E-state index in [9.17, 15) is 9.59 Å². The zero-order chi connectivity index (χ0) is 17.6. The van der Waals surface area contributed by atoms with Gasteiger partial charge < -0.3 is 15.1 Å². The summed E-state index contributed by atoms with van der Waals surface area (Å²) in [6.45, 7) is 3.81. The van der Waals surface area contributed by atoms with Crippen LogP contribution in [0.3, 0.4) is 0 Å². The Morgan fingerprint density at radius 3 is 3.00 bits per heavy atom. The number of rotatable bonds is 3. The molecular formula is C18H22BrN3O2S. The molecule has 134 valence electrons. The van der Waals surface area contributed by atoms with Gasteiger partial charge in [-0.05, 0) is 47.8 Å². The van der Waals surface area contributed by atoms with Crippen molar-refractivity contribution in [2.45, 2.75) is 43.1 Å². The summed E-state index contributed by atoms with van der Waals surface area (Å²) in [6.07, 6.45) is 2.34. The Morgan fingerprint density at radius 2 is 2.20 bits per heavy atom. The molecule has 3 aliphatic rings. The van der Waals surface area contributed by atoms with Gasteiger partial charge in [-0.25, -0.2) is 0 Å². The average Bonchev–Trinajstić information content (AvgIpc) is 3.24. The molecule has 2 amide bonds. The third-order valence-electron chi connectivity index (χ3n) is 5.48. The molecule has 25 heavy (non-hydrogen) atoms. The number of benzene rings is 1. The van der Waals surface area contributed by atoms with E-state index in [1.165, 1.54) is 0 Å². The Labute approximate surface area is 160 Å². The number of amides is 2. The van der Waals surface area contributed by atoms with Gasteiger partial charge in [0.2, 0.25) is 11.8 Å². The lowest BCUT2D eigenvalue weighted by Crippen LogP contribution is -2.52. The minimum Gasteiger partial charge on any atom is -0.368 e. The zero-order valence-corrected chi connectivity index (χ0v) is 16.6. The fourth-order valence-electron chi connectivity index (χ4n) is 4.12. The van der Waals surface area contributed by atoms with E-state index in [-0.39, 0.29) is 28.8 Å². The van der Waals surface area contributed by atoms with E-state index in [4.69, 9.17) is 0 Å². The lowest BCUT2D eigenvalue weighted by atomic mass is 10.2. The molecule has 7 heteroatoms. The summed E-state index contributed by atoms with van der Waals surface area (Å²) in [6, 6.07) is 7.98. The number of thioether (sulfide) groups is 1. The number of para-hydroxylation sites is 1. The van der Waals surface area contributed by atoms with Gasteiger partial charge in [0.15, 0.2) is 0 Å². The summed E-state index contributed by atoms with van der Waals surface area (Å²) >= 11 is 5.34. The van der Waals surface area contributed by atoms with Crippen LogP contribution in [0.5, 0.6) is 0 Å². The highest BCUT2D eigenvalue weighted by molar-refractivity contribution is 9.10. The van der Waals surface area contributed by atoms with Crippen LogP contribution >= 0.6 is 27.7 Å². The van der Waals surface area contributed by atoms with E-state index in [1.807, 2.05) is 23.1 Å². The van der Waals surface area contributed by atoms with Crippen molar-refractivity contribution in [2.75, 3.05) is 23.7 Å². The first kappa shape index (κ1) is 17.2. The van der Waals surface area contributed by atoms with Gasteiger partial charge in [-0.2, -0.15) is 0 Å². The Morgan fingerprint density at radius 1 is 1.40 bits per heavy atom. The summed E-state index contributed by atoms with van der Waals surface area (Å²) in [7, 11) is 0. The summed E-state index contributed by atoms with van der Waals surface area (Å²) in [5.41, 5.74) is 1.16. The third-order valence-corrected chi connectivity index (χ3v) is 7.65. The molecule has 0 spiro atoms. The fourth-order valence-corrected chi connectivity index (χ4v) is 6.08. The second kappa shape index (κ2) is 6.50. The smallest absolute Gasteiger partial charge is 0.243 e. The summed E-state index contributed by atoms with van der Waals surface area (Å²) < 4.78 is 1.08. The van der Waals surface area contributed by atoms with Gasteiger partial charge in [-0.15, -0.1) is 11.8 Å². The van der Waals surface area contributed by atoms with E-state index >= 15 is 0 Å². The van der Waals surface area contributed by atoms with Crippen LogP contribution in [0.25, 0.3) is 0 Å². The number of hydrogen-bond acceptors (Lipinski definition) is 4. The van der Waals surface area contributed by atoms with E-state index in [2.05, 4.69) is 39.1 Å². The van der Waals surface area contributed by atoms with Crippen LogP contribution < -0.4 is 10.2 Å². The van der Waals surface area contributed by atoms with Crippen molar-refractivity contribution in [1.82, 2.24) is 10.2 Å². The van der Waals surface area contributed by atoms with Crippen LogP contribution in [0, 0.1) is 0 Å². The van der Waals surface area contributed by atoms with Gasteiger partial charge >= 0.3 is 0 Å². The normalized spacial score (nSPS) is 31.5. The number of halogens is 1. The molecule has 3 heterocycles.